The summed E-state index contributed by atoms with van der Waals surface area (Å²) in [6.07, 6.45) is 1.38. The molecule has 2 amide bonds. The quantitative estimate of drug-likeness (QED) is 0.646. The van der Waals surface area contributed by atoms with Crippen molar-refractivity contribution in [3.05, 3.63) is 34.9 Å². The van der Waals surface area contributed by atoms with E-state index in [1.807, 2.05) is 0 Å². The SMILES string of the molecule is CN(C)C(=O)Nc1cn(CC(=O)n2c(=O)oc3c(N)cccc32)nn1. The van der Waals surface area contributed by atoms with Crippen LogP contribution in [0.1, 0.15) is 4.79 Å². The van der Waals surface area contributed by atoms with Crippen molar-refractivity contribution in [1.82, 2.24) is 24.5 Å². The first-order valence-electron chi connectivity index (χ1n) is 7.18. The molecule has 0 saturated carbocycles. The van der Waals surface area contributed by atoms with Crippen LogP contribution in [0.4, 0.5) is 16.3 Å². The van der Waals surface area contributed by atoms with Crippen LogP contribution in [0.15, 0.2) is 33.6 Å². The van der Waals surface area contributed by atoms with Crippen molar-refractivity contribution in [3.8, 4) is 0 Å². The number of para-hydroxylation sites is 1. The van der Waals surface area contributed by atoms with Crippen LogP contribution < -0.4 is 16.8 Å². The summed E-state index contributed by atoms with van der Waals surface area (Å²) in [5.74, 6) is -1.23. The van der Waals surface area contributed by atoms with Gasteiger partial charge in [-0.15, -0.1) is 5.10 Å². The molecule has 2 heterocycles. The van der Waals surface area contributed by atoms with Crippen LogP contribution >= 0.6 is 0 Å². The largest absolute Gasteiger partial charge is 0.427 e. The van der Waals surface area contributed by atoms with Crippen molar-refractivity contribution < 1.29 is 14.0 Å². The van der Waals surface area contributed by atoms with E-state index < -0.39 is 11.7 Å². The van der Waals surface area contributed by atoms with Gasteiger partial charge in [-0.05, 0) is 12.1 Å². The van der Waals surface area contributed by atoms with Gasteiger partial charge in [-0.3, -0.25) is 10.1 Å². The lowest BCUT2D eigenvalue weighted by molar-refractivity contribution is 0.0882. The first-order valence-corrected chi connectivity index (χ1v) is 7.18. The number of benzene rings is 1. The minimum absolute atomic E-state index is 0.151. The zero-order chi connectivity index (χ0) is 18.1. The Balaban J connectivity index is 1.83. The zero-order valence-electron chi connectivity index (χ0n) is 13.5. The first-order chi connectivity index (χ1) is 11.9. The Morgan fingerprint density at radius 2 is 2.12 bits per heavy atom. The number of nitrogen functional groups attached to an aromatic ring is 1. The van der Waals surface area contributed by atoms with Gasteiger partial charge in [-0.1, -0.05) is 11.3 Å². The second kappa shape index (κ2) is 6.11. The number of nitrogens with one attached hydrogen (secondary N) is 1. The maximum Gasteiger partial charge on any atom is 0.427 e. The molecule has 1 aromatic carbocycles. The van der Waals surface area contributed by atoms with Crippen molar-refractivity contribution in [1.29, 1.82) is 0 Å². The Morgan fingerprint density at radius 3 is 2.84 bits per heavy atom. The van der Waals surface area contributed by atoms with E-state index in [0.717, 1.165) is 4.57 Å². The lowest BCUT2D eigenvalue weighted by Crippen LogP contribution is -2.27. The molecule has 0 saturated heterocycles. The number of urea groups is 1. The number of oxazole rings is 1. The van der Waals surface area contributed by atoms with E-state index in [4.69, 9.17) is 10.2 Å². The van der Waals surface area contributed by atoms with Crippen LogP contribution in [0.25, 0.3) is 11.1 Å². The standard InChI is InChI=1S/C14H15N7O4/c1-19(2)13(23)16-10-6-20(18-17-10)7-11(22)21-9-5-3-4-8(15)12(9)25-14(21)24/h3-6H,7,15H2,1-2H3,(H,16,23). The number of fused-ring (bicyclic) bond motifs is 1. The molecule has 0 aliphatic heterocycles. The van der Waals surface area contributed by atoms with E-state index in [1.54, 1.807) is 32.3 Å². The summed E-state index contributed by atoms with van der Waals surface area (Å²) in [7, 11) is 3.15. The molecular formula is C14H15N7O4. The number of carbonyl (C=O) groups is 2. The number of hydrogen-bond acceptors (Lipinski definition) is 7. The zero-order valence-corrected chi connectivity index (χ0v) is 13.5. The number of nitrogens with zero attached hydrogens (tertiary/aromatic N) is 5. The van der Waals surface area contributed by atoms with E-state index in [9.17, 15) is 14.4 Å². The van der Waals surface area contributed by atoms with Crippen LogP contribution in [0, 0.1) is 0 Å². The third-order valence-corrected chi connectivity index (χ3v) is 3.36. The third-order valence-electron chi connectivity index (χ3n) is 3.36. The molecule has 11 heteroatoms. The maximum atomic E-state index is 12.4. The summed E-state index contributed by atoms with van der Waals surface area (Å²) in [5.41, 5.74) is 6.42. The fourth-order valence-electron chi connectivity index (χ4n) is 2.16. The predicted molar refractivity (Wildman–Crippen MR) is 88.2 cm³/mol. The van der Waals surface area contributed by atoms with Gasteiger partial charge in [0.1, 0.15) is 12.1 Å². The summed E-state index contributed by atoms with van der Waals surface area (Å²) < 4.78 is 7.11. The fourth-order valence-corrected chi connectivity index (χ4v) is 2.16. The third kappa shape index (κ3) is 3.06. The number of nitrogens with two attached hydrogens (primary N) is 1. The Labute approximate surface area is 140 Å². The molecule has 0 unspecified atom stereocenters. The second-order valence-electron chi connectivity index (χ2n) is 5.42. The van der Waals surface area contributed by atoms with Gasteiger partial charge in [0.05, 0.1) is 11.9 Å². The number of anilines is 2. The van der Waals surface area contributed by atoms with Gasteiger partial charge in [0.15, 0.2) is 11.4 Å². The summed E-state index contributed by atoms with van der Waals surface area (Å²) in [5, 5.41) is 9.99. The van der Waals surface area contributed by atoms with Gasteiger partial charge in [-0.2, -0.15) is 0 Å². The monoisotopic (exact) mass is 345 g/mol. The summed E-state index contributed by atoms with van der Waals surface area (Å²) in [6.45, 7) is -0.270. The first kappa shape index (κ1) is 16.2. The number of rotatable bonds is 3. The molecule has 0 bridgehead atoms. The van der Waals surface area contributed by atoms with Crippen LogP contribution in [0.3, 0.4) is 0 Å². The van der Waals surface area contributed by atoms with E-state index in [-0.39, 0.29) is 35.2 Å². The van der Waals surface area contributed by atoms with Crippen molar-refractivity contribution in [2.75, 3.05) is 25.1 Å². The van der Waals surface area contributed by atoms with Gasteiger partial charge in [0, 0.05) is 14.1 Å². The number of aromatic nitrogens is 4. The molecule has 0 aliphatic rings. The van der Waals surface area contributed by atoms with Crippen LogP contribution in [-0.2, 0) is 6.54 Å². The molecule has 0 fully saturated rings. The molecular weight excluding hydrogens is 330 g/mol. The number of amides is 2. The second-order valence-corrected chi connectivity index (χ2v) is 5.42. The Kier molecular flexibility index (Phi) is 3.97. The summed E-state index contributed by atoms with van der Waals surface area (Å²) in [6, 6.07) is 4.35. The number of hydrogen-bond donors (Lipinski definition) is 2. The molecule has 0 radical (unpaired) electrons. The molecule has 0 spiro atoms. The normalized spacial score (nSPS) is 10.8. The van der Waals surface area contributed by atoms with Crippen molar-refractivity contribution in [2.24, 2.45) is 0 Å². The van der Waals surface area contributed by atoms with E-state index in [2.05, 4.69) is 15.6 Å². The van der Waals surface area contributed by atoms with E-state index >= 15 is 0 Å². The topological polar surface area (TPSA) is 141 Å². The molecule has 130 valence electrons. The molecule has 11 nitrogen and oxygen atoms in total. The van der Waals surface area contributed by atoms with E-state index in [0.29, 0.717) is 0 Å². The maximum absolute atomic E-state index is 12.4. The highest BCUT2D eigenvalue weighted by molar-refractivity contribution is 5.93. The predicted octanol–water partition coefficient (Wildman–Crippen LogP) is 0.202. The molecule has 2 aromatic heterocycles. The average Bonchev–Trinajstić information content (AvgIpc) is 3.11. The van der Waals surface area contributed by atoms with Crippen LogP contribution in [0.5, 0.6) is 0 Å². The highest BCUT2D eigenvalue weighted by Crippen LogP contribution is 2.19. The summed E-state index contributed by atoms with van der Waals surface area (Å²) >= 11 is 0. The number of carbonyl (C=O) groups excluding carboxylic acids is 2. The van der Waals surface area contributed by atoms with Gasteiger partial charge < -0.3 is 15.1 Å². The highest BCUT2D eigenvalue weighted by Gasteiger charge is 2.18. The highest BCUT2D eigenvalue weighted by atomic mass is 16.4. The molecule has 0 aliphatic carbocycles. The molecule has 25 heavy (non-hydrogen) atoms. The minimum Gasteiger partial charge on any atom is -0.405 e. The van der Waals surface area contributed by atoms with Crippen molar-refractivity contribution in [2.45, 2.75) is 6.54 Å². The average molecular weight is 345 g/mol. The van der Waals surface area contributed by atoms with Gasteiger partial charge in [-0.25, -0.2) is 18.8 Å². The van der Waals surface area contributed by atoms with Crippen molar-refractivity contribution >= 4 is 34.5 Å². The lowest BCUT2D eigenvalue weighted by atomic mass is 10.3. The van der Waals surface area contributed by atoms with Gasteiger partial charge >= 0.3 is 11.8 Å². The van der Waals surface area contributed by atoms with Crippen LogP contribution in [-0.4, -0.2) is 50.5 Å². The fraction of sp³-hybridized carbons (Fsp3) is 0.214. The van der Waals surface area contributed by atoms with Crippen molar-refractivity contribution in [3.63, 3.8) is 0 Å². The Hall–Kier alpha value is -3.63. The minimum atomic E-state index is -0.834. The molecule has 3 N–H and O–H groups in total. The Morgan fingerprint density at radius 1 is 1.36 bits per heavy atom. The molecule has 3 rings (SSSR count). The van der Waals surface area contributed by atoms with Gasteiger partial charge in [0.2, 0.25) is 0 Å². The Bertz CT molecular complexity index is 1010. The molecule has 0 atom stereocenters. The summed E-state index contributed by atoms with van der Waals surface area (Å²) in [4.78, 5) is 37.3. The van der Waals surface area contributed by atoms with Crippen LogP contribution in [0.2, 0.25) is 0 Å². The van der Waals surface area contributed by atoms with Gasteiger partial charge in [0.25, 0.3) is 5.91 Å². The van der Waals surface area contributed by atoms with E-state index in [1.165, 1.54) is 15.8 Å². The smallest absolute Gasteiger partial charge is 0.405 e. The molecule has 3 aromatic rings. The lowest BCUT2D eigenvalue weighted by Gasteiger charge is -2.08.